The van der Waals surface area contributed by atoms with E-state index in [0.29, 0.717) is 18.7 Å². The molecule has 0 heterocycles. The number of aromatic carboxylic acids is 1. The first-order valence-corrected chi connectivity index (χ1v) is 14.2. The van der Waals surface area contributed by atoms with Crippen LogP contribution in [-0.4, -0.2) is 34.9 Å². The summed E-state index contributed by atoms with van der Waals surface area (Å²) in [5, 5.41) is 27.6. The van der Waals surface area contributed by atoms with E-state index in [4.69, 9.17) is 0 Å². The van der Waals surface area contributed by atoms with Crippen LogP contribution in [0, 0.1) is 0 Å². The highest BCUT2D eigenvalue weighted by Crippen LogP contribution is 2.38. The van der Waals surface area contributed by atoms with Crippen LogP contribution in [0.25, 0.3) is 0 Å². The number of carbonyl (C=O) groups is 1. The molecule has 2 aromatic rings. The Hall–Kier alpha value is -3.03. The molecule has 0 saturated heterocycles. The summed E-state index contributed by atoms with van der Waals surface area (Å²) in [6.45, 7) is 8.13. The van der Waals surface area contributed by atoms with Crippen LogP contribution in [0.15, 0.2) is 72.3 Å². The van der Waals surface area contributed by atoms with Crippen LogP contribution in [0.3, 0.4) is 0 Å². The highest BCUT2D eigenvalue weighted by Gasteiger charge is 2.35. The van der Waals surface area contributed by atoms with E-state index in [1.165, 1.54) is 42.7 Å². The topological polar surface area (TPSA) is 81.6 Å². The molecule has 0 radical (unpaired) electrons. The lowest BCUT2D eigenvalue weighted by Gasteiger charge is -2.41. The first kappa shape index (κ1) is 31.5. The monoisotopic (exact) mass is 554 g/mol. The van der Waals surface area contributed by atoms with E-state index in [2.05, 4.69) is 55.7 Å². The molecule has 5 nitrogen and oxygen atoms in total. The van der Waals surface area contributed by atoms with Gasteiger partial charge in [-0.15, -0.1) is 0 Å². The first-order chi connectivity index (χ1) is 18.9. The summed E-state index contributed by atoms with van der Waals surface area (Å²) in [6.07, 6.45) is 7.35. The van der Waals surface area contributed by atoms with Gasteiger partial charge in [0.2, 0.25) is 0 Å². The maximum Gasteiger partial charge on any atom is 0.335 e. The van der Waals surface area contributed by atoms with Gasteiger partial charge in [-0.25, -0.2) is 13.6 Å². The van der Waals surface area contributed by atoms with E-state index < -0.39 is 29.8 Å². The zero-order chi connectivity index (χ0) is 29.3. The van der Waals surface area contributed by atoms with Crippen LogP contribution in [0.5, 0.6) is 0 Å². The molecule has 7 heteroatoms. The number of carboxylic acid groups (broad SMARTS) is 1. The molecule has 218 valence electrons. The van der Waals surface area contributed by atoms with Crippen molar-refractivity contribution in [3.63, 3.8) is 0 Å². The lowest BCUT2D eigenvalue weighted by atomic mass is 9.74. The zero-order valence-electron chi connectivity index (χ0n) is 24.1. The van der Waals surface area contributed by atoms with Gasteiger partial charge in [0.25, 0.3) is 0 Å². The number of hydrogen-bond donors (Lipinski definition) is 4. The largest absolute Gasteiger partial charge is 0.478 e. The lowest BCUT2D eigenvalue weighted by molar-refractivity contribution is 0.0697. The summed E-state index contributed by atoms with van der Waals surface area (Å²) in [5.74, 6) is -2.28. The average molecular weight is 555 g/mol. The fourth-order valence-electron chi connectivity index (χ4n) is 5.38. The van der Waals surface area contributed by atoms with Crippen LogP contribution >= 0.6 is 0 Å². The SMILES string of the molecule is C/C(F)=C\C(F)=C/CC[C@H](Nc1ccc(C(=O)O)cc1)[C@H](O)CNC1(c2cccc(C(C)(C)C)c2)CCCCC1. The summed E-state index contributed by atoms with van der Waals surface area (Å²) in [5.41, 5.74) is 3.11. The first-order valence-electron chi connectivity index (χ1n) is 14.2. The number of aliphatic hydroxyl groups excluding tert-OH is 1. The summed E-state index contributed by atoms with van der Waals surface area (Å²) in [6, 6.07) is 14.6. The minimum atomic E-state index is -1.02. The molecular weight excluding hydrogens is 510 g/mol. The van der Waals surface area contributed by atoms with E-state index in [1.807, 2.05) is 0 Å². The second-order valence-corrected chi connectivity index (χ2v) is 12.0. The molecule has 1 fully saturated rings. The molecule has 1 saturated carbocycles. The Labute approximate surface area is 237 Å². The molecule has 0 amide bonds. The van der Waals surface area contributed by atoms with Crippen molar-refractivity contribution in [3.8, 4) is 0 Å². The van der Waals surface area contributed by atoms with Crippen molar-refractivity contribution in [2.75, 3.05) is 11.9 Å². The lowest BCUT2D eigenvalue weighted by Crippen LogP contribution is -2.50. The van der Waals surface area contributed by atoms with Crippen LogP contribution < -0.4 is 10.6 Å². The van der Waals surface area contributed by atoms with Crippen LogP contribution in [0.4, 0.5) is 14.5 Å². The maximum absolute atomic E-state index is 14.0. The molecule has 1 aliphatic carbocycles. The quantitative estimate of drug-likeness (QED) is 0.202. The van der Waals surface area contributed by atoms with E-state index in [9.17, 15) is 23.8 Å². The molecule has 2 aromatic carbocycles. The van der Waals surface area contributed by atoms with Gasteiger partial charge in [-0.1, -0.05) is 64.3 Å². The minimum Gasteiger partial charge on any atom is -0.478 e. The Morgan fingerprint density at radius 2 is 1.75 bits per heavy atom. The summed E-state index contributed by atoms with van der Waals surface area (Å²) in [7, 11) is 0. The fourth-order valence-corrected chi connectivity index (χ4v) is 5.38. The number of allylic oxidation sites excluding steroid dienone is 4. The van der Waals surface area contributed by atoms with Gasteiger partial charge in [-0.2, -0.15) is 0 Å². The second-order valence-electron chi connectivity index (χ2n) is 12.0. The molecule has 0 aliphatic heterocycles. The number of aliphatic hydroxyl groups is 1. The van der Waals surface area contributed by atoms with Crippen molar-refractivity contribution in [2.45, 2.75) is 95.7 Å². The molecule has 0 unspecified atom stereocenters. The number of carboxylic acids is 1. The Balaban J connectivity index is 1.80. The van der Waals surface area contributed by atoms with E-state index in [-0.39, 0.29) is 22.9 Å². The van der Waals surface area contributed by atoms with E-state index >= 15 is 0 Å². The third-order valence-electron chi connectivity index (χ3n) is 7.74. The molecule has 0 spiro atoms. The predicted octanol–water partition coefficient (Wildman–Crippen LogP) is 7.78. The fraction of sp³-hybridized carbons (Fsp3) is 0.485. The van der Waals surface area contributed by atoms with Crippen LogP contribution in [0.1, 0.15) is 94.1 Å². The Kier molecular flexibility index (Phi) is 11.1. The van der Waals surface area contributed by atoms with Crippen molar-refractivity contribution in [3.05, 3.63) is 89.0 Å². The summed E-state index contributed by atoms with van der Waals surface area (Å²) in [4.78, 5) is 11.2. The molecule has 0 bridgehead atoms. The highest BCUT2D eigenvalue weighted by atomic mass is 19.1. The van der Waals surface area contributed by atoms with Gasteiger partial charge in [0.15, 0.2) is 0 Å². The van der Waals surface area contributed by atoms with Gasteiger partial charge in [0, 0.05) is 23.8 Å². The normalized spacial score (nSPS) is 17.8. The van der Waals surface area contributed by atoms with Gasteiger partial charge >= 0.3 is 5.97 Å². The molecular formula is C33H44F2N2O3. The van der Waals surface area contributed by atoms with E-state index in [1.54, 1.807) is 12.1 Å². The van der Waals surface area contributed by atoms with Crippen molar-refractivity contribution in [2.24, 2.45) is 0 Å². The van der Waals surface area contributed by atoms with Crippen molar-refractivity contribution < 1.29 is 23.8 Å². The average Bonchev–Trinajstić information content (AvgIpc) is 2.91. The van der Waals surface area contributed by atoms with Crippen LogP contribution in [0.2, 0.25) is 0 Å². The number of hydrogen-bond acceptors (Lipinski definition) is 4. The van der Waals surface area contributed by atoms with Crippen molar-refractivity contribution in [1.29, 1.82) is 0 Å². The highest BCUT2D eigenvalue weighted by molar-refractivity contribution is 5.88. The number of rotatable bonds is 12. The standard InChI is InChI=1S/C33H44F2N2O3/c1-23(34)20-27(35)12-9-13-29(37-28-16-14-24(15-17-28)31(39)40)30(38)22-36-33(18-6-5-7-19-33)26-11-8-10-25(21-26)32(2,3)4/h8,10-12,14-17,20-21,29-30,36-38H,5-7,9,13,18-19,22H2,1-4H3,(H,39,40)/b23-20+,27-12+/t29-,30+/m0/s1. The predicted molar refractivity (Wildman–Crippen MR) is 158 cm³/mol. The summed E-state index contributed by atoms with van der Waals surface area (Å²) >= 11 is 0. The number of nitrogens with one attached hydrogen (secondary N) is 2. The van der Waals surface area contributed by atoms with Gasteiger partial charge in [-0.3, -0.25) is 0 Å². The third kappa shape index (κ3) is 9.00. The van der Waals surface area contributed by atoms with Crippen LogP contribution in [-0.2, 0) is 11.0 Å². The smallest absolute Gasteiger partial charge is 0.335 e. The number of halogens is 2. The zero-order valence-corrected chi connectivity index (χ0v) is 24.1. The number of anilines is 1. The molecule has 3 rings (SSSR count). The Morgan fingerprint density at radius 3 is 2.35 bits per heavy atom. The Morgan fingerprint density at radius 1 is 1.07 bits per heavy atom. The van der Waals surface area contributed by atoms with Gasteiger partial charge in [-0.05, 0) is 79.5 Å². The maximum atomic E-state index is 14.0. The third-order valence-corrected chi connectivity index (χ3v) is 7.74. The number of benzene rings is 2. The molecule has 40 heavy (non-hydrogen) atoms. The molecule has 0 aromatic heterocycles. The van der Waals surface area contributed by atoms with E-state index in [0.717, 1.165) is 31.8 Å². The second kappa shape index (κ2) is 14.0. The molecule has 2 atom stereocenters. The minimum absolute atomic E-state index is 0.0231. The molecule has 1 aliphatic rings. The van der Waals surface area contributed by atoms with Crippen molar-refractivity contribution in [1.82, 2.24) is 5.32 Å². The van der Waals surface area contributed by atoms with Gasteiger partial charge in [0.1, 0.15) is 5.83 Å². The Bertz CT molecular complexity index is 1170. The van der Waals surface area contributed by atoms with Gasteiger partial charge < -0.3 is 20.8 Å². The van der Waals surface area contributed by atoms with Crippen molar-refractivity contribution >= 4 is 11.7 Å². The summed E-state index contributed by atoms with van der Waals surface area (Å²) < 4.78 is 27.1. The van der Waals surface area contributed by atoms with Gasteiger partial charge in [0.05, 0.1) is 23.5 Å². The molecule has 4 N–H and O–H groups in total.